The van der Waals surface area contributed by atoms with Gasteiger partial charge in [0, 0.05) is 5.56 Å². The Balaban J connectivity index is 1.80. The van der Waals surface area contributed by atoms with E-state index in [0.29, 0.717) is 5.82 Å². The Morgan fingerprint density at radius 3 is 2.22 bits per heavy atom. The Labute approximate surface area is 105 Å². The zero-order chi connectivity index (χ0) is 12.2. The van der Waals surface area contributed by atoms with Crippen LogP contribution in [0.3, 0.4) is 0 Å². The number of nitrogens with one attached hydrogen (secondary N) is 1. The van der Waals surface area contributed by atoms with Crippen molar-refractivity contribution in [1.29, 1.82) is 0 Å². The summed E-state index contributed by atoms with van der Waals surface area (Å²) in [6.07, 6.45) is 0.938. The van der Waals surface area contributed by atoms with Crippen LogP contribution in [-0.2, 0) is 6.42 Å². The van der Waals surface area contributed by atoms with Crippen LogP contribution in [0.1, 0.15) is 11.1 Å². The van der Waals surface area contributed by atoms with Crippen molar-refractivity contribution in [2.24, 2.45) is 0 Å². The van der Waals surface area contributed by atoms with Crippen molar-refractivity contribution >= 4 is 0 Å². The van der Waals surface area contributed by atoms with E-state index in [4.69, 9.17) is 0 Å². The van der Waals surface area contributed by atoms with E-state index in [1.165, 1.54) is 11.1 Å². The molecule has 0 spiro atoms. The Bertz CT molecular complexity index is 600. The highest BCUT2D eigenvalue weighted by Crippen LogP contribution is 2.16. The molecular formula is C14H12N4. The first-order valence-electron chi connectivity index (χ1n) is 5.78. The lowest BCUT2D eigenvalue weighted by molar-refractivity contribution is 0.881. The van der Waals surface area contributed by atoms with Crippen molar-refractivity contribution in [3.63, 3.8) is 0 Å². The van der Waals surface area contributed by atoms with Crippen LogP contribution in [0.2, 0.25) is 0 Å². The third-order valence-electron chi connectivity index (χ3n) is 2.81. The molecule has 0 fully saturated rings. The van der Waals surface area contributed by atoms with Gasteiger partial charge >= 0.3 is 0 Å². The molecule has 2 aromatic carbocycles. The van der Waals surface area contributed by atoms with Gasteiger partial charge in [-0.05, 0) is 22.8 Å². The first-order valence-corrected chi connectivity index (χ1v) is 5.78. The van der Waals surface area contributed by atoms with Gasteiger partial charge in [-0.2, -0.15) is 5.21 Å². The normalized spacial score (nSPS) is 10.4. The van der Waals surface area contributed by atoms with Crippen molar-refractivity contribution in [1.82, 2.24) is 20.6 Å². The zero-order valence-corrected chi connectivity index (χ0v) is 9.74. The molecule has 88 valence electrons. The summed E-state index contributed by atoms with van der Waals surface area (Å²) in [5, 5.41) is 13.9. The first-order chi connectivity index (χ1) is 8.92. The Kier molecular flexibility index (Phi) is 2.84. The minimum Gasteiger partial charge on any atom is -0.177 e. The van der Waals surface area contributed by atoms with Crippen molar-refractivity contribution in [2.45, 2.75) is 6.42 Å². The SMILES string of the molecule is c1ccc(Cc2ccc(-c3nn[nH]n3)cc2)cc1. The molecule has 0 atom stereocenters. The Morgan fingerprint density at radius 1 is 0.833 bits per heavy atom. The van der Waals surface area contributed by atoms with Crippen LogP contribution in [0, 0.1) is 0 Å². The molecule has 3 aromatic rings. The molecule has 0 aliphatic carbocycles. The number of rotatable bonds is 3. The van der Waals surface area contributed by atoms with Gasteiger partial charge in [-0.3, -0.25) is 0 Å². The summed E-state index contributed by atoms with van der Waals surface area (Å²) in [4.78, 5) is 0. The van der Waals surface area contributed by atoms with E-state index < -0.39 is 0 Å². The van der Waals surface area contributed by atoms with E-state index in [1.54, 1.807) is 0 Å². The fourth-order valence-electron chi connectivity index (χ4n) is 1.89. The van der Waals surface area contributed by atoms with Crippen LogP contribution in [-0.4, -0.2) is 20.6 Å². The van der Waals surface area contributed by atoms with Gasteiger partial charge in [0.05, 0.1) is 0 Å². The van der Waals surface area contributed by atoms with Crippen LogP contribution in [0.15, 0.2) is 54.6 Å². The fourth-order valence-corrected chi connectivity index (χ4v) is 1.89. The lowest BCUT2D eigenvalue weighted by Crippen LogP contribution is -1.88. The molecular weight excluding hydrogens is 224 g/mol. The fraction of sp³-hybridized carbons (Fsp3) is 0.0714. The lowest BCUT2D eigenvalue weighted by Gasteiger charge is -2.02. The van der Waals surface area contributed by atoms with E-state index in [-0.39, 0.29) is 0 Å². The third-order valence-corrected chi connectivity index (χ3v) is 2.81. The number of benzene rings is 2. The number of tetrazole rings is 1. The topological polar surface area (TPSA) is 54.5 Å². The highest BCUT2D eigenvalue weighted by atomic mass is 15.5. The molecule has 0 amide bonds. The molecule has 18 heavy (non-hydrogen) atoms. The maximum Gasteiger partial charge on any atom is 0.204 e. The van der Waals surface area contributed by atoms with Gasteiger partial charge in [0.15, 0.2) is 0 Å². The van der Waals surface area contributed by atoms with Crippen molar-refractivity contribution < 1.29 is 0 Å². The van der Waals surface area contributed by atoms with Crippen LogP contribution < -0.4 is 0 Å². The van der Waals surface area contributed by atoms with Gasteiger partial charge < -0.3 is 0 Å². The summed E-state index contributed by atoms with van der Waals surface area (Å²) < 4.78 is 0. The maximum absolute atomic E-state index is 3.95. The van der Waals surface area contributed by atoms with E-state index in [9.17, 15) is 0 Å². The quantitative estimate of drug-likeness (QED) is 0.760. The van der Waals surface area contributed by atoms with Crippen LogP contribution in [0.5, 0.6) is 0 Å². The van der Waals surface area contributed by atoms with Crippen molar-refractivity contribution in [2.75, 3.05) is 0 Å². The zero-order valence-electron chi connectivity index (χ0n) is 9.74. The molecule has 3 rings (SSSR count). The number of nitrogens with zero attached hydrogens (tertiary/aromatic N) is 3. The van der Waals surface area contributed by atoms with Crippen molar-refractivity contribution in [3.05, 3.63) is 65.7 Å². The minimum absolute atomic E-state index is 0.626. The minimum atomic E-state index is 0.626. The standard InChI is InChI=1S/C14H12N4/c1-2-4-11(5-3-1)10-12-6-8-13(9-7-12)14-15-17-18-16-14/h1-9H,10H2,(H,15,16,17,18). The molecule has 0 saturated carbocycles. The van der Waals surface area contributed by atoms with E-state index >= 15 is 0 Å². The van der Waals surface area contributed by atoms with Gasteiger partial charge in [-0.1, -0.05) is 54.6 Å². The predicted molar refractivity (Wildman–Crippen MR) is 68.9 cm³/mol. The van der Waals surface area contributed by atoms with E-state index in [0.717, 1.165) is 12.0 Å². The molecule has 0 radical (unpaired) electrons. The third kappa shape index (κ3) is 2.27. The molecule has 1 heterocycles. The Morgan fingerprint density at radius 2 is 1.56 bits per heavy atom. The summed E-state index contributed by atoms with van der Waals surface area (Å²) in [6.45, 7) is 0. The highest BCUT2D eigenvalue weighted by Gasteiger charge is 2.02. The van der Waals surface area contributed by atoms with Crippen LogP contribution in [0.25, 0.3) is 11.4 Å². The molecule has 4 nitrogen and oxygen atoms in total. The molecule has 0 aliphatic rings. The molecule has 0 saturated heterocycles. The molecule has 1 N–H and O–H groups in total. The second-order valence-corrected chi connectivity index (χ2v) is 4.09. The average molecular weight is 236 g/mol. The largest absolute Gasteiger partial charge is 0.204 e. The summed E-state index contributed by atoms with van der Waals surface area (Å²) in [7, 11) is 0. The second-order valence-electron chi connectivity index (χ2n) is 4.09. The van der Waals surface area contributed by atoms with E-state index in [2.05, 4.69) is 57.0 Å². The maximum atomic E-state index is 3.95. The average Bonchev–Trinajstić information content (AvgIpc) is 2.95. The van der Waals surface area contributed by atoms with Gasteiger partial charge in [0.25, 0.3) is 0 Å². The molecule has 0 bridgehead atoms. The summed E-state index contributed by atoms with van der Waals surface area (Å²) in [5.74, 6) is 0.626. The smallest absolute Gasteiger partial charge is 0.177 e. The molecule has 0 unspecified atom stereocenters. The second kappa shape index (κ2) is 4.79. The predicted octanol–water partition coefficient (Wildman–Crippen LogP) is 2.46. The van der Waals surface area contributed by atoms with Gasteiger partial charge in [0.2, 0.25) is 5.82 Å². The number of hydrogen-bond donors (Lipinski definition) is 1. The number of H-pyrrole nitrogens is 1. The highest BCUT2D eigenvalue weighted by molar-refractivity contribution is 5.54. The number of aromatic nitrogens is 4. The monoisotopic (exact) mass is 236 g/mol. The molecule has 4 heteroatoms. The van der Waals surface area contributed by atoms with Gasteiger partial charge in [0.1, 0.15) is 0 Å². The lowest BCUT2D eigenvalue weighted by atomic mass is 10.0. The van der Waals surface area contributed by atoms with E-state index in [1.807, 2.05) is 18.2 Å². The van der Waals surface area contributed by atoms with Crippen LogP contribution >= 0.6 is 0 Å². The summed E-state index contributed by atoms with van der Waals surface area (Å²) in [6, 6.07) is 18.6. The molecule has 1 aromatic heterocycles. The van der Waals surface area contributed by atoms with Gasteiger partial charge in [-0.25, -0.2) is 0 Å². The summed E-state index contributed by atoms with van der Waals surface area (Å²) >= 11 is 0. The summed E-state index contributed by atoms with van der Waals surface area (Å²) in [5.41, 5.74) is 3.55. The number of hydrogen-bond acceptors (Lipinski definition) is 3. The molecule has 0 aliphatic heterocycles. The van der Waals surface area contributed by atoms with Crippen molar-refractivity contribution in [3.8, 4) is 11.4 Å². The van der Waals surface area contributed by atoms with Gasteiger partial charge in [-0.15, -0.1) is 10.2 Å². The number of aromatic amines is 1. The first kappa shape index (κ1) is 10.7. The van der Waals surface area contributed by atoms with Crippen LogP contribution in [0.4, 0.5) is 0 Å². The Hall–Kier alpha value is -2.49.